The average Bonchev–Trinajstić information content (AvgIpc) is 2.61. The molecule has 2 rings (SSSR count). The maximum Gasteiger partial charge on any atom is 0.494 e. The summed E-state index contributed by atoms with van der Waals surface area (Å²) in [7, 11) is -0.285. The Morgan fingerprint density at radius 2 is 1.37 bits per heavy atom. The van der Waals surface area contributed by atoms with Gasteiger partial charge < -0.3 is 15.0 Å². The van der Waals surface area contributed by atoms with Gasteiger partial charge in [-0.15, -0.1) is 0 Å². The zero-order valence-corrected chi connectivity index (χ0v) is 13.0. The lowest BCUT2D eigenvalue weighted by atomic mass is 9.79. The summed E-state index contributed by atoms with van der Waals surface area (Å²) in [6.45, 7) is 12.8. The third-order valence-electron chi connectivity index (χ3n) is 3.74. The second-order valence-corrected chi connectivity index (χ2v) is 5.53. The molecule has 0 bridgehead atoms. The Hall–Kier alpha value is -0.835. The largest absolute Gasteiger partial charge is 0.494 e. The van der Waals surface area contributed by atoms with Gasteiger partial charge in [0.15, 0.2) is 0 Å². The molecule has 0 saturated carbocycles. The third-order valence-corrected chi connectivity index (χ3v) is 3.74. The monoisotopic (exact) mass is 263 g/mol. The maximum absolute atomic E-state index is 5.97. The molecule has 1 saturated heterocycles. The van der Waals surface area contributed by atoms with Crippen LogP contribution < -0.4 is 11.2 Å². The van der Waals surface area contributed by atoms with Gasteiger partial charge in [0.2, 0.25) is 0 Å². The molecular weight excluding hydrogens is 237 g/mol. The van der Waals surface area contributed by atoms with Crippen LogP contribution in [-0.4, -0.2) is 18.3 Å². The maximum atomic E-state index is 5.97. The van der Waals surface area contributed by atoms with Crippen LogP contribution in [0, 0.1) is 0 Å². The average molecular weight is 263 g/mol. The SMILES string of the molecule is CC.CC1(C)OB(c2ccc(CN)cc2)OC1(C)C. The first kappa shape index (κ1) is 16.2. The van der Waals surface area contributed by atoms with Crippen LogP contribution in [0.1, 0.15) is 47.1 Å². The van der Waals surface area contributed by atoms with Crippen molar-refractivity contribution in [1.29, 1.82) is 0 Å². The molecule has 19 heavy (non-hydrogen) atoms. The summed E-state index contributed by atoms with van der Waals surface area (Å²) in [5.41, 5.74) is 7.16. The van der Waals surface area contributed by atoms with Crippen molar-refractivity contribution in [3.05, 3.63) is 29.8 Å². The minimum atomic E-state index is -0.287. The van der Waals surface area contributed by atoms with E-state index in [4.69, 9.17) is 15.0 Å². The van der Waals surface area contributed by atoms with Crippen molar-refractivity contribution >= 4 is 12.6 Å². The molecule has 0 amide bonds. The summed E-state index contributed by atoms with van der Waals surface area (Å²) in [5, 5.41) is 0. The fourth-order valence-electron chi connectivity index (χ4n) is 1.79. The first-order valence-corrected chi connectivity index (χ1v) is 7.00. The van der Waals surface area contributed by atoms with E-state index in [-0.39, 0.29) is 18.3 Å². The zero-order chi connectivity index (χ0) is 14.7. The first-order chi connectivity index (χ1) is 8.86. The predicted molar refractivity (Wildman–Crippen MR) is 81.4 cm³/mol. The van der Waals surface area contributed by atoms with Gasteiger partial charge in [-0.1, -0.05) is 38.1 Å². The molecule has 0 radical (unpaired) electrons. The fourth-order valence-corrected chi connectivity index (χ4v) is 1.79. The number of nitrogens with two attached hydrogens (primary N) is 1. The van der Waals surface area contributed by atoms with E-state index in [2.05, 4.69) is 27.7 Å². The van der Waals surface area contributed by atoms with E-state index in [0.717, 1.165) is 11.0 Å². The van der Waals surface area contributed by atoms with Crippen LogP contribution in [0.3, 0.4) is 0 Å². The highest BCUT2D eigenvalue weighted by Gasteiger charge is 2.51. The van der Waals surface area contributed by atoms with E-state index in [1.165, 1.54) is 0 Å². The van der Waals surface area contributed by atoms with Gasteiger partial charge in [-0.2, -0.15) is 0 Å². The summed E-state index contributed by atoms with van der Waals surface area (Å²) in [6.07, 6.45) is 0. The van der Waals surface area contributed by atoms with Crippen molar-refractivity contribution in [2.24, 2.45) is 5.73 Å². The Kier molecular flexibility index (Phi) is 5.19. The van der Waals surface area contributed by atoms with E-state index in [1.807, 2.05) is 38.1 Å². The summed E-state index contributed by atoms with van der Waals surface area (Å²) in [5.74, 6) is 0. The van der Waals surface area contributed by atoms with Gasteiger partial charge in [0, 0.05) is 6.54 Å². The van der Waals surface area contributed by atoms with Crippen LogP contribution in [0.15, 0.2) is 24.3 Å². The standard InChI is InChI=1S/C13H20BNO2.C2H6/c1-12(2)13(3,4)17-14(16-12)11-7-5-10(9-15)6-8-11;1-2/h5-8H,9,15H2,1-4H3;1-2H3. The smallest absolute Gasteiger partial charge is 0.399 e. The van der Waals surface area contributed by atoms with Crippen LogP contribution >= 0.6 is 0 Å². The molecule has 0 spiro atoms. The molecule has 4 heteroatoms. The summed E-state index contributed by atoms with van der Waals surface area (Å²) < 4.78 is 11.9. The van der Waals surface area contributed by atoms with Gasteiger partial charge >= 0.3 is 7.12 Å². The van der Waals surface area contributed by atoms with Gasteiger partial charge in [-0.3, -0.25) is 0 Å². The van der Waals surface area contributed by atoms with Gasteiger partial charge in [0.1, 0.15) is 0 Å². The predicted octanol–water partition coefficient (Wildman–Crippen LogP) is 2.47. The highest BCUT2D eigenvalue weighted by molar-refractivity contribution is 6.62. The quantitative estimate of drug-likeness (QED) is 0.834. The van der Waals surface area contributed by atoms with Gasteiger partial charge in [-0.05, 0) is 38.7 Å². The van der Waals surface area contributed by atoms with Crippen LogP contribution in [-0.2, 0) is 15.9 Å². The molecule has 1 heterocycles. The van der Waals surface area contributed by atoms with Gasteiger partial charge in [0.05, 0.1) is 11.2 Å². The zero-order valence-electron chi connectivity index (χ0n) is 13.0. The molecule has 1 aliphatic rings. The van der Waals surface area contributed by atoms with Crippen molar-refractivity contribution in [1.82, 2.24) is 0 Å². The van der Waals surface area contributed by atoms with E-state index < -0.39 is 0 Å². The Bertz CT molecular complexity index is 385. The van der Waals surface area contributed by atoms with Crippen LogP contribution in [0.5, 0.6) is 0 Å². The molecule has 1 aliphatic heterocycles. The van der Waals surface area contributed by atoms with Crippen LogP contribution in [0.2, 0.25) is 0 Å². The fraction of sp³-hybridized carbons (Fsp3) is 0.600. The molecule has 0 aromatic heterocycles. The number of hydrogen-bond acceptors (Lipinski definition) is 3. The first-order valence-electron chi connectivity index (χ1n) is 7.00. The molecular formula is C15H26BNO2. The molecule has 2 N–H and O–H groups in total. The molecule has 0 atom stereocenters. The molecule has 0 aliphatic carbocycles. The van der Waals surface area contributed by atoms with Crippen molar-refractivity contribution in [3.8, 4) is 0 Å². The molecule has 106 valence electrons. The molecule has 3 nitrogen and oxygen atoms in total. The van der Waals surface area contributed by atoms with E-state index in [9.17, 15) is 0 Å². The topological polar surface area (TPSA) is 44.5 Å². The van der Waals surface area contributed by atoms with Gasteiger partial charge in [-0.25, -0.2) is 0 Å². The second-order valence-electron chi connectivity index (χ2n) is 5.53. The van der Waals surface area contributed by atoms with Gasteiger partial charge in [0.25, 0.3) is 0 Å². The molecule has 1 aromatic rings. The lowest BCUT2D eigenvalue weighted by Crippen LogP contribution is -2.41. The second kappa shape index (κ2) is 6.08. The van der Waals surface area contributed by atoms with Crippen molar-refractivity contribution in [2.75, 3.05) is 0 Å². The Labute approximate surface area is 117 Å². The Morgan fingerprint density at radius 1 is 0.947 bits per heavy atom. The Morgan fingerprint density at radius 3 is 1.74 bits per heavy atom. The van der Waals surface area contributed by atoms with Crippen LogP contribution in [0.25, 0.3) is 0 Å². The highest BCUT2D eigenvalue weighted by atomic mass is 16.7. The Balaban J connectivity index is 0.000000861. The minimum absolute atomic E-state index is 0.285. The normalized spacial score (nSPS) is 19.8. The molecule has 1 aromatic carbocycles. The number of hydrogen-bond donors (Lipinski definition) is 1. The minimum Gasteiger partial charge on any atom is -0.399 e. The van der Waals surface area contributed by atoms with Crippen LogP contribution in [0.4, 0.5) is 0 Å². The molecule has 0 unspecified atom stereocenters. The lowest BCUT2D eigenvalue weighted by molar-refractivity contribution is 0.00578. The number of benzene rings is 1. The van der Waals surface area contributed by atoms with Crippen molar-refractivity contribution in [3.63, 3.8) is 0 Å². The third kappa shape index (κ3) is 3.38. The molecule has 1 fully saturated rings. The summed E-state index contributed by atoms with van der Waals surface area (Å²) >= 11 is 0. The van der Waals surface area contributed by atoms with E-state index in [1.54, 1.807) is 0 Å². The highest BCUT2D eigenvalue weighted by Crippen LogP contribution is 2.36. The summed E-state index contributed by atoms with van der Waals surface area (Å²) in [6, 6.07) is 8.06. The number of rotatable bonds is 2. The van der Waals surface area contributed by atoms with Crippen molar-refractivity contribution in [2.45, 2.75) is 59.3 Å². The summed E-state index contributed by atoms with van der Waals surface area (Å²) in [4.78, 5) is 0. The van der Waals surface area contributed by atoms with Crippen molar-refractivity contribution < 1.29 is 9.31 Å². The van der Waals surface area contributed by atoms with E-state index in [0.29, 0.717) is 6.54 Å². The lowest BCUT2D eigenvalue weighted by Gasteiger charge is -2.32. The van der Waals surface area contributed by atoms with E-state index >= 15 is 0 Å².